The minimum Gasteiger partial charge on any atom is -0.368 e. The second-order valence-corrected chi connectivity index (χ2v) is 5.20. The Hall–Kier alpha value is -1.62. The van der Waals surface area contributed by atoms with Crippen molar-refractivity contribution < 1.29 is 4.79 Å². The van der Waals surface area contributed by atoms with Crippen LogP contribution in [0, 0.1) is 0 Å². The molecule has 110 valence electrons. The Bertz CT molecular complexity index is 451. The van der Waals surface area contributed by atoms with Gasteiger partial charge >= 0.3 is 0 Å². The van der Waals surface area contributed by atoms with Gasteiger partial charge in [-0.2, -0.15) is 0 Å². The molecule has 0 spiro atoms. The summed E-state index contributed by atoms with van der Waals surface area (Å²) in [5.41, 5.74) is 1.74. The van der Waals surface area contributed by atoms with E-state index in [1.54, 1.807) is 6.20 Å². The SMILES string of the molecule is CCN(CC)C(=O)c1cncc(N2CCN(C)CC2)c1. The van der Waals surface area contributed by atoms with Crippen molar-refractivity contribution in [3.8, 4) is 0 Å². The minimum atomic E-state index is 0.0680. The summed E-state index contributed by atoms with van der Waals surface area (Å²) in [6.07, 6.45) is 3.52. The third-order valence-corrected chi connectivity index (χ3v) is 3.89. The maximum absolute atomic E-state index is 12.4. The highest BCUT2D eigenvalue weighted by molar-refractivity contribution is 5.94. The van der Waals surface area contributed by atoms with Crippen LogP contribution >= 0.6 is 0 Å². The highest BCUT2D eigenvalue weighted by atomic mass is 16.2. The monoisotopic (exact) mass is 276 g/mol. The zero-order valence-electron chi connectivity index (χ0n) is 12.7. The average Bonchev–Trinajstić information content (AvgIpc) is 2.49. The number of hydrogen-bond donors (Lipinski definition) is 0. The van der Waals surface area contributed by atoms with Gasteiger partial charge in [-0.05, 0) is 27.0 Å². The van der Waals surface area contributed by atoms with E-state index in [1.807, 2.05) is 31.0 Å². The summed E-state index contributed by atoms with van der Waals surface area (Å²) in [5, 5.41) is 0. The Morgan fingerprint density at radius 1 is 1.20 bits per heavy atom. The number of rotatable bonds is 4. The summed E-state index contributed by atoms with van der Waals surface area (Å²) in [6, 6.07) is 1.97. The van der Waals surface area contributed by atoms with E-state index in [1.165, 1.54) is 0 Å². The predicted molar refractivity (Wildman–Crippen MR) is 81.2 cm³/mol. The van der Waals surface area contributed by atoms with E-state index in [9.17, 15) is 4.79 Å². The van der Waals surface area contributed by atoms with Gasteiger partial charge in [0.05, 0.1) is 17.4 Å². The van der Waals surface area contributed by atoms with E-state index < -0.39 is 0 Å². The van der Waals surface area contributed by atoms with Crippen LogP contribution in [0.5, 0.6) is 0 Å². The van der Waals surface area contributed by atoms with Crippen molar-refractivity contribution in [1.29, 1.82) is 0 Å². The molecule has 0 atom stereocenters. The number of hydrogen-bond acceptors (Lipinski definition) is 4. The molecule has 1 aromatic rings. The lowest BCUT2D eigenvalue weighted by atomic mass is 10.2. The zero-order chi connectivity index (χ0) is 14.5. The topological polar surface area (TPSA) is 39.7 Å². The van der Waals surface area contributed by atoms with Crippen LogP contribution in [0.2, 0.25) is 0 Å². The molecule has 5 nitrogen and oxygen atoms in total. The van der Waals surface area contributed by atoms with Gasteiger partial charge in [0.25, 0.3) is 5.91 Å². The van der Waals surface area contributed by atoms with Gasteiger partial charge in [0.1, 0.15) is 0 Å². The molecule has 20 heavy (non-hydrogen) atoms. The lowest BCUT2D eigenvalue weighted by molar-refractivity contribution is 0.0772. The standard InChI is InChI=1S/C15H24N4O/c1-4-18(5-2)15(20)13-10-14(12-16-11-13)19-8-6-17(3)7-9-19/h10-12H,4-9H2,1-3H3. The number of carbonyl (C=O) groups is 1. The summed E-state index contributed by atoms with van der Waals surface area (Å²) in [5.74, 6) is 0.0680. The zero-order valence-corrected chi connectivity index (χ0v) is 12.7. The molecule has 1 aliphatic rings. The van der Waals surface area contributed by atoms with Crippen LogP contribution in [-0.2, 0) is 0 Å². The summed E-state index contributed by atoms with van der Waals surface area (Å²) >= 11 is 0. The first kappa shape index (κ1) is 14.8. The van der Waals surface area contributed by atoms with Crippen LogP contribution in [-0.4, -0.2) is 67.0 Å². The number of amides is 1. The first-order chi connectivity index (χ1) is 9.65. The highest BCUT2D eigenvalue weighted by Gasteiger charge is 2.17. The van der Waals surface area contributed by atoms with Gasteiger partial charge in [0.15, 0.2) is 0 Å². The second kappa shape index (κ2) is 6.70. The number of nitrogens with zero attached hydrogens (tertiary/aromatic N) is 4. The lowest BCUT2D eigenvalue weighted by Crippen LogP contribution is -2.44. The van der Waals surface area contributed by atoms with Gasteiger partial charge in [-0.25, -0.2) is 0 Å². The maximum atomic E-state index is 12.4. The number of pyridine rings is 1. The largest absolute Gasteiger partial charge is 0.368 e. The van der Waals surface area contributed by atoms with E-state index in [-0.39, 0.29) is 5.91 Å². The molecule has 0 unspecified atom stereocenters. The van der Waals surface area contributed by atoms with Crippen LogP contribution < -0.4 is 4.90 Å². The van der Waals surface area contributed by atoms with E-state index in [0.717, 1.165) is 45.0 Å². The molecule has 1 aromatic heterocycles. The molecular weight excluding hydrogens is 252 g/mol. The van der Waals surface area contributed by atoms with Crippen molar-refractivity contribution in [3.63, 3.8) is 0 Å². The predicted octanol–water partition coefficient (Wildman–Crippen LogP) is 1.32. The third-order valence-electron chi connectivity index (χ3n) is 3.89. The van der Waals surface area contributed by atoms with Crippen molar-refractivity contribution in [3.05, 3.63) is 24.0 Å². The molecule has 2 heterocycles. The Kier molecular flexibility index (Phi) is 4.95. The summed E-state index contributed by atoms with van der Waals surface area (Å²) in [6.45, 7) is 9.53. The fraction of sp³-hybridized carbons (Fsp3) is 0.600. The van der Waals surface area contributed by atoms with Crippen LogP contribution in [0.25, 0.3) is 0 Å². The molecule has 0 aromatic carbocycles. The third kappa shape index (κ3) is 3.28. The van der Waals surface area contributed by atoms with Crippen molar-refractivity contribution in [1.82, 2.24) is 14.8 Å². The number of anilines is 1. The number of likely N-dealkylation sites (N-methyl/N-ethyl adjacent to an activating group) is 1. The summed E-state index contributed by atoms with van der Waals surface area (Å²) in [7, 11) is 2.13. The molecule has 0 aliphatic carbocycles. The molecule has 2 rings (SSSR count). The summed E-state index contributed by atoms with van der Waals surface area (Å²) in [4.78, 5) is 23.0. The minimum absolute atomic E-state index is 0.0680. The van der Waals surface area contributed by atoms with Crippen molar-refractivity contribution in [2.75, 3.05) is 51.2 Å². The van der Waals surface area contributed by atoms with Gasteiger partial charge in [-0.1, -0.05) is 0 Å². The van der Waals surface area contributed by atoms with Gasteiger partial charge in [0, 0.05) is 45.5 Å². The van der Waals surface area contributed by atoms with Gasteiger partial charge in [-0.15, -0.1) is 0 Å². The Labute approximate surface area is 121 Å². The lowest BCUT2D eigenvalue weighted by Gasteiger charge is -2.34. The average molecular weight is 276 g/mol. The van der Waals surface area contributed by atoms with Crippen LogP contribution in [0.15, 0.2) is 18.5 Å². The van der Waals surface area contributed by atoms with Crippen molar-refractivity contribution >= 4 is 11.6 Å². The molecule has 1 aliphatic heterocycles. The van der Waals surface area contributed by atoms with Gasteiger partial charge in [0.2, 0.25) is 0 Å². The van der Waals surface area contributed by atoms with E-state index >= 15 is 0 Å². The number of piperazine rings is 1. The fourth-order valence-corrected chi connectivity index (χ4v) is 2.48. The van der Waals surface area contributed by atoms with Gasteiger partial charge in [-0.3, -0.25) is 9.78 Å². The number of carbonyl (C=O) groups excluding carboxylic acids is 1. The smallest absolute Gasteiger partial charge is 0.255 e. The van der Waals surface area contributed by atoms with Crippen molar-refractivity contribution in [2.24, 2.45) is 0 Å². The normalized spacial score (nSPS) is 16.2. The molecule has 5 heteroatoms. The molecule has 0 N–H and O–H groups in total. The van der Waals surface area contributed by atoms with Crippen LogP contribution in [0.4, 0.5) is 5.69 Å². The molecule has 1 fully saturated rings. The first-order valence-electron chi connectivity index (χ1n) is 7.33. The maximum Gasteiger partial charge on any atom is 0.255 e. The Morgan fingerprint density at radius 3 is 2.45 bits per heavy atom. The fourth-order valence-electron chi connectivity index (χ4n) is 2.48. The van der Waals surface area contributed by atoms with E-state index in [4.69, 9.17) is 0 Å². The van der Waals surface area contributed by atoms with Crippen LogP contribution in [0.3, 0.4) is 0 Å². The first-order valence-corrected chi connectivity index (χ1v) is 7.33. The second-order valence-electron chi connectivity index (χ2n) is 5.20. The van der Waals surface area contributed by atoms with Crippen LogP contribution in [0.1, 0.15) is 24.2 Å². The number of aromatic nitrogens is 1. The molecule has 0 saturated carbocycles. The Balaban J connectivity index is 2.13. The highest BCUT2D eigenvalue weighted by Crippen LogP contribution is 2.17. The molecule has 1 saturated heterocycles. The van der Waals surface area contributed by atoms with E-state index in [2.05, 4.69) is 21.8 Å². The van der Waals surface area contributed by atoms with E-state index in [0.29, 0.717) is 5.56 Å². The van der Waals surface area contributed by atoms with Crippen molar-refractivity contribution in [2.45, 2.75) is 13.8 Å². The molecule has 1 amide bonds. The Morgan fingerprint density at radius 2 is 1.85 bits per heavy atom. The quantitative estimate of drug-likeness (QED) is 0.831. The van der Waals surface area contributed by atoms with Gasteiger partial charge < -0.3 is 14.7 Å². The molecule has 0 bridgehead atoms. The molecule has 0 radical (unpaired) electrons. The molecular formula is C15H24N4O. The summed E-state index contributed by atoms with van der Waals surface area (Å²) < 4.78 is 0.